The molecular formula is C9H8ClN5. The maximum absolute atomic E-state index is 8.72. The SMILES string of the molecule is CC(C)Nc1nc(C#N)c(C#N)nc1Cl. The van der Waals surface area contributed by atoms with Crippen LogP contribution in [0.25, 0.3) is 0 Å². The summed E-state index contributed by atoms with van der Waals surface area (Å²) in [5, 5.41) is 20.4. The molecule has 0 saturated carbocycles. The summed E-state index contributed by atoms with van der Waals surface area (Å²) in [4.78, 5) is 7.68. The third kappa shape index (κ3) is 2.55. The van der Waals surface area contributed by atoms with Crippen molar-refractivity contribution in [2.45, 2.75) is 19.9 Å². The number of nitriles is 2. The molecule has 0 bridgehead atoms. The van der Waals surface area contributed by atoms with Crippen LogP contribution in [0.3, 0.4) is 0 Å². The van der Waals surface area contributed by atoms with Gasteiger partial charge in [0.25, 0.3) is 0 Å². The zero-order chi connectivity index (χ0) is 11.4. The first-order chi connectivity index (χ1) is 7.08. The van der Waals surface area contributed by atoms with Gasteiger partial charge in [-0.3, -0.25) is 0 Å². The van der Waals surface area contributed by atoms with Crippen molar-refractivity contribution in [1.29, 1.82) is 10.5 Å². The van der Waals surface area contributed by atoms with E-state index in [-0.39, 0.29) is 22.6 Å². The normalized spacial score (nSPS) is 9.47. The molecule has 15 heavy (non-hydrogen) atoms. The van der Waals surface area contributed by atoms with E-state index in [2.05, 4.69) is 15.3 Å². The molecule has 0 unspecified atom stereocenters. The number of halogens is 1. The van der Waals surface area contributed by atoms with Crippen LogP contribution in [-0.4, -0.2) is 16.0 Å². The Morgan fingerprint density at radius 2 is 1.73 bits per heavy atom. The standard InChI is InChI=1S/C9H8ClN5/c1-5(2)13-9-8(10)14-6(3-11)7(4-12)15-9/h5H,1-2H3,(H,13,15). The van der Waals surface area contributed by atoms with Crippen molar-refractivity contribution in [3.63, 3.8) is 0 Å². The van der Waals surface area contributed by atoms with E-state index in [1.807, 2.05) is 13.8 Å². The van der Waals surface area contributed by atoms with Crippen molar-refractivity contribution in [2.24, 2.45) is 0 Å². The molecule has 1 heterocycles. The van der Waals surface area contributed by atoms with Gasteiger partial charge < -0.3 is 5.32 Å². The molecule has 1 aromatic rings. The summed E-state index contributed by atoms with van der Waals surface area (Å²) in [6, 6.07) is 3.67. The molecule has 0 aliphatic carbocycles. The molecule has 1 aromatic heterocycles. The van der Waals surface area contributed by atoms with Gasteiger partial charge in [-0.05, 0) is 13.8 Å². The molecular weight excluding hydrogens is 214 g/mol. The highest BCUT2D eigenvalue weighted by molar-refractivity contribution is 6.31. The van der Waals surface area contributed by atoms with Gasteiger partial charge in [-0.15, -0.1) is 0 Å². The Kier molecular flexibility index (Phi) is 3.43. The van der Waals surface area contributed by atoms with Crippen molar-refractivity contribution in [3.8, 4) is 12.1 Å². The van der Waals surface area contributed by atoms with Gasteiger partial charge in [-0.25, -0.2) is 9.97 Å². The largest absolute Gasteiger partial charge is 0.365 e. The fraction of sp³-hybridized carbons (Fsp3) is 0.333. The van der Waals surface area contributed by atoms with Gasteiger partial charge in [0.2, 0.25) is 0 Å². The minimum atomic E-state index is -0.0585. The molecule has 0 aliphatic heterocycles. The van der Waals surface area contributed by atoms with Gasteiger partial charge in [0, 0.05) is 6.04 Å². The third-order valence-electron chi connectivity index (χ3n) is 1.49. The summed E-state index contributed by atoms with van der Waals surface area (Å²) < 4.78 is 0. The molecule has 5 nitrogen and oxygen atoms in total. The molecule has 0 atom stereocenters. The number of nitrogens with one attached hydrogen (secondary N) is 1. The summed E-state index contributed by atoms with van der Waals surface area (Å²) in [6.45, 7) is 3.81. The zero-order valence-electron chi connectivity index (χ0n) is 8.24. The molecule has 1 rings (SSSR count). The summed E-state index contributed by atoms with van der Waals surface area (Å²) >= 11 is 5.78. The fourth-order valence-corrected chi connectivity index (χ4v) is 1.12. The van der Waals surface area contributed by atoms with Gasteiger partial charge in [0.1, 0.15) is 12.1 Å². The van der Waals surface area contributed by atoms with Gasteiger partial charge in [0.15, 0.2) is 22.4 Å². The number of aromatic nitrogens is 2. The highest BCUT2D eigenvalue weighted by Crippen LogP contribution is 2.19. The van der Waals surface area contributed by atoms with Crippen LogP contribution in [0.2, 0.25) is 5.15 Å². The monoisotopic (exact) mass is 221 g/mol. The molecule has 0 saturated heterocycles. The lowest BCUT2D eigenvalue weighted by Crippen LogP contribution is -2.13. The van der Waals surface area contributed by atoms with Gasteiger partial charge in [-0.1, -0.05) is 11.6 Å². The lowest BCUT2D eigenvalue weighted by Gasteiger charge is -2.10. The van der Waals surface area contributed by atoms with Crippen LogP contribution >= 0.6 is 11.6 Å². The summed E-state index contributed by atoms with van der Waals surface area (Å²) in [7, 11) is 0. The Labute approximate surface area is 92.3 Å². The van der Waals surface area contributed by atoms with Crippen LogP contribution in [0.5, 0.6) is 0 Å². The predicted octanol–water partition coefficient (Wildman–Crippen LogP) is 1.69. The van der Waals surface area contributed by atoms with E-state index in [9.17, 15) is 0 Å². The zero-order valence-corrected chi connectivity index (χ0v) is 9.00. The van der Waals surface area contributed by atoms with E-state index in [0.29, 0.717) is 5.82 Å². The summed E-state index contributed by atoms with van der Waals surface area (Å²) in [6.07, 6.45) is 0. The Balaban J connectivity index is 3.23. The Hall–Kier alpha value is -1.85. The van der Waals surface area contributed by atoms with Gasteiger partial charge in [-0.2, -0.15) is 10.5 Å². The summed E-state index contributed by atoms with van der Waals surface area (Å²) in [5.74, 6) is 0.321. The third-order valence-corrected chi connectivity index (χ3v) is 1.75. The molecule has 1 N–H and O–H groups in total. The van der Waals surface area contributed by atoms with Crippen molar-refractivity contribution in [1.82, 2.24) is 9.97 Å². The van der Waals surface area contributed by atoms with Crippen molar-refractivity contribution < 1.29 is 0 Å². The minimum Gasteiger partial charge on any atom is -0.365 e. The number of anilines is 1. The number of rotatable bonds is 2. The highest BCUT2D eigenvalue weighted by Gasteiger charge is 2.12. The molecule has 76 valence electrons. The average Bonchev–Trinajstić information content (AvgIpc) is 2.19. The van der Waals surface area contributed by atoms with Crippen LogP contribution in [0.1, 0.15) is 25.2 Å². The topological polar surface area (TPSA) is 85.4 Å². The first-order valence-electron chi connectivity index (χ1n) is 4.22. The van der Waals surface area contributed by atoms with Crippen LogP contribution in [0.4, 0.5) is 5.82 Å². The maximum Gasteiger partial charge on any atom is 0.179 e. The van der Waals surface area contributed by atoms with E-state index in [0.717, 1.165) is 0 Å². The smallest absolute Gasteiger partial charge is 0.179 e. The van der Waals surface area contributed by atoms with Crippen LogP contribution < -0.4 is 5.32 Å². The molecule has 0 spiro atoms. The second-order valence-corrected chi connectivity index (χ2v) is 3.44. The second kappa shape index (κ2) is 4.59. The number of hydrogen-bond donors (Lipinski definition) is 1. The molecule has 6 heteroatoms. The number of nitrogens with zero attached hydrogens (tertiary/aromatic N) is 4. The number of hydrogen-bond acceptors (Lipinski definition) is 5. The quantitative estimate of drug-likeness (QED) is 0.822. The molecule has 0 aliphatic rings. The Morgan fingerprint density at radius 3 is 2.20 bits per heavy atom. The first-order valence-corrected chi connectivity index (χ1v) is 4.60. The molecule has 0 radical (unpaired) electrons. The van der Waals surface area contributed by atoms with Crippen LogP contribution in [0.15, 0.2) is 0 Å². The maximum atomic E-state index is 8.72. The van der Waals surface area contributed by atoms with E-state index in [1.165, 1.54) is 0 Å². The lowest BCUT2D eigenvalue weighted by atomic mass is 10.3. The lowest BCUT2D eigenvalue weighted by molar-refractivity contribution is 0.883. The van der Waals surface area contributed by atoms with E-state index in [1.54, 1.807) is 12.1 Å². The van der Waals surface area contributed by atoms with Crippen molar-refractivity contribution in [3.05, 3.63) is 16.5 Å². The van der Waals surface area contributed by atoms with Gasteiger partial charge in [0.05, 0.1) is 0 Å². The summed E-state index contributed by atoms with van der Waals surface area (Å²) in [5.41, 5.74) is -0.0816. The van der Waals surface area contributed by atoms with Crippen LogP contribution in [-0.2, 0) is 0 Å². The van der Waals surface area contributed by atoms with E-state index in [4.69, 9.17) is 22.1 Å². The molecule has 0 amide bonds. The molecule has 0 aromatic carbocycles. The first kappa shape index (κ1) is 11.2. The van der Waals surface area contributed by atoms with Crippen molar-refractivity contribution >= 4 is 17.4 Å². The van der Waals surface area contributed by atoms with Crippen molar-refractivity contribution in [2.75, 3.05) is 5.32 Å². The highest BCUT2D eigenvalue weighted by atomic mass is 35.5. The Bertz CT molecular complexity index is 455. The van der Waals surface area contributed by atoms with Gasteiger partial charge >= 0.3 is 0 Å². The Morgan fingerprint density at radius 1 is 1.20 bits per heavy atom. The minimum absolute atomic E-state index is 0.0231. The van der Waals surface area contributed by atoms with Crippen LogP contribution in [0, 0.1) is 22.7 Å². The predicted molar refractivity (Wildman–Crippen MR) is 55.2 cm³/mol. The molecule has 0 fully saturated rings. The second-order valence-electron chi connectivity index (χ2n) is 3.08. The fourth-order valence-electron chi connectivity index (χ4n) is 0.936. The average molecular weight is 222 g/mol. The van der Waals surface area contributed by atoms with E-state index >= 15 is 0 Å². The van der Waals surface area contributed by atoms with E-state index < -0.39 is 0 Å².